The largest absolute Gasteiger partial charge is 0.387 e. The van der Waals surface area contributed by atoms with Crippen LogP contribution >= 0.6 is 0 Å². The van der Waals surface area contributed by atoms with Crippen molar-refractivity contribution in [1.82, 2.24) is 9.55 Å². The van der Waals surface area contributed by atoms with E-state index in [1.165, 1.54) is 10.8 Å². The van der Waals surface area contributed by atoms with Gasteiger partial charge < -0.3 is 14.6 Å². The molecule has 2 N–H and O–H groups in total. The fourth-order valence-electron chi connectivity index (χ4n) is 2.75. The third-order valence-corrected chi connectivity index (χ3v) is 4.03. The van der Waals surface area contributed by atoms with Crippen LogP contribution in [0, 0.1) is 6.92 Å². The van der Waals surface area contributed by atoms with Crippen LogP contribution in [-0.2, 0) is 9.47 Å². The number of nitrogens with zero attached hydrogens (tertiary/aromatic N) is 1. The molecule has 3 heterocycles. The van der Waals surface area contributed by atoms with E-state index in [4.69, 9.17) is 9.47 Å². The van der Waals surface area contributed by atoms with Gasteiger partial charge in [-0.3, -0.25) is 14.3 Å². The summed E-state index contributed by atoms with van der Waals surface area (Å²) < 4.78 is 12.6. The van der Waals surface area contributed by atoms with Gasteiger partial charge in [-0.25, -0.2) is 4.79 Å². The Balaban J connectivity index is 2.04. The number of aryl methyl sites for hydroxylation is 1. The highest BCUT2D eigenvalue weighted by Gasteiger charge is 2.60. The molecule has 7 nitrogen and oxygen atoms in total. The van der Waals surface area contributed by atoms with Gasteiger partial charge in [0.25, 0.3) is 5.56 Å². The van der Waals surface area contributed by atoms with Gasteiger partial charge >= 0.3 is 5.69 Å². The lowest BCUT2D eigenvalue weighted by molar-refractivity contribution is -0.175. The lowest BCUT2D eigenvalue weighted by Gasteiger charge is -2.30. The van der Waals surface area contributed by atoms with E-state index in [0.29, 0.717) is 18.6 Å². The number of hydrogen-bond acceptors (Lipinski definition) is 5. The van der Waals surface area contributed by atoms with E-state index in [-0.39, 0.29) is 0 Å². The Hall–Kier alpha value is -1.44. The molecule has 7 heteroatoms. The predicted molar refractivity (Wildman–Crippen MR) is 65.0 cm³/mol. The highest BCUT2D eigenvalue weighted by Crippen LogP contribution is 2.46. The smallest absolute Gasteiger partial charge is 0.330 e. The quantitative estimate of drug-likeness (QED) is 0.738. The van der Waals surface area contributed by atoms with E-state index in [2.05, 4.69) is 4.98 Å². The van der Waals surface area contributed by atoms with Gasteiger partial charge in [0, 0.05) is 11.8 Å². The van der Waals surface area contributed by atoms with Gasteiger partial charge in [0.15, 0.2) is 6.23 Å². The number of rotatable bonds is 2. The van der Waals surface area contributed by atoms with Crippen LogP contribution in [0.2, 0.25) is 0 Å². The molecule has 0 saturated carbocycles. The van der Waals surface area contributed by atoms with Gasteiger partial charge in [0.1, 0.15) is 17.8 Å². The summed E-state index contributed by atoms with van der Waals surface area (Å²) in [5.74, 6) is 0. The molecule has 104 valence electrons. The van der Waals surface area contributed by atoms with Crippen molar-refractivity contribution in [3.05, 3.63) is 32.6 Å². The maximum atomic E-state index is 11.8. The zero-order valence-corrected chi connectivity index (χ0v) is 10.8. The Morgan fingerprint density at radius 1 is 1.58 bits per heavy atom. The molecule has 0 amide bonds. The maximum absolute atomic E-state index is 11.8. The van der Waals surface area contributed by atoms with E-state index in [0.717, 1.165) is 0 Å². The van der Waals surface area contributed by atoms with Crippen molar-refractivity contribution in [3.8, 4) is 0 Å². The van der Waals surface area contributed by atoms with Crippen LogP contribution in [0.1, 0.15) is 25.1 Å². The Morgan fingerprint density at radius 2 is 2.32 bits per heavy atom. The Kier molecular flexibility index (Phi) is 2.67. The molecule has 0 aromatic carbocycles. The highest BCUT2D eigenvalue weighted by molar-refractivity contribution is 5.08. The molecule has 0 radical (unpaired) electrons. The van der Waals surface area contributed by atoms with Crippen molar-refractivity contribution < 1.29 is 14.6 Å². The number of aromatic nitrogens is 2. The van der Waals surface area contributed by atoms with E-state index in [1.54, 1.807) is 6.92 Å². The number of aliphatic hydroxyl groups excluding tert-OH is 1. The van der Waals surface area contributed by atoms with Crippen molar-refractivity contribution in [2.75, 3.05) is 6.61 Å². The minimum absolute atomic E-state index is 0.322. The van der Waals surface area contributed by atoms with Gasteiger partial charge in [-0.05, 0) is 13.3 Å². The third-order valence-electron chi connectivity index (χ3n) is 4.03. The summed E-state index contributed by atoms with van der Waals surface area (Å²) >= 11 is 0. The van der Waals surface area contributed by atoms with Crippen LogP contribution in [0.3, 0.4) is 0 Å². The Morgan fingerprint density at radius 3 is 2.95 bits per heavy atom. The van der Waals surface area contributed by atoms with Crippen LogP contribution in [0.25, 0.3) is 0 Å². The third kappa shape index (κ3) is 1.62. The summed E-state index contributed by atoms with van der Waals surface area (Å²) in [5.41, 5.74) is -1.32. The van der Waals surface area contributed by atoms with Gasteiger partial charge in [-0.15, -0.1) is 0 Å². The number of nitrogens with one attached hydrogen (secondary N) is 1. The first-order chi connectivity index (χ1) is 8.98. The molecule has 1 aromatic rings. The first kappa shape index (κ1) is 12.6. The minimum atomic E-state index is -0.762. The predicted octanol–water partition coefficient (Wildman–Crippen LogP) is -0.718. The molecule has 2 saturated heterocycles. The van der Waals surface area contributed by atoms with Crippen molar-refractivity contribution in [2.24, 2.45) is 0 Å². The highest BCUT2D eigenvalue weighted by atomic mass is 16.6. The molecular formula is C12H16N2O5. The molecule has 0 spiro atoms. The molecule has 2 fully saturated rings. The fraction of sp³-hybridized carbons (Fsp3) is 0.667. The molecule has 4 atom stereocenters. The normalized spacial score (nSPS) is 36.9. The maximum Gasteiger partial charge on any atom is 0.330 e. The van der Waals surface area contributed by atoms with E-state index >= 15 is 0 Å². The van der Waals surface area contributed by atoms with Gasteiger partial charge in [0.2, 0.25) is 0 Å². The summed E-state index contributed by atoms with van der Waals surface area (Å²) in [6.07, 6.45) is -0.0131. The average Bonchev–Trinajstić information content (AvgIpc) is 2.85. The van der Waals surface area contributed by atoms with Crippen LogP contribution in [-0.4, -0.2) is 39.1 Å². The van der Waals surface area contributed by atoms with Gasteiger partial charge in [-0.1, -0.05) is 6.92 Å². The van der Waals surface area contributed by atoms with Crippen molar-refractivity contribution in [3.63, 3.8) is 0 Å². The molecule has 3 rings (SSSR count). The number of hydrogen-bond donors (Lipinski definition) is 2. The van der Waals surface area contributed by atoms with Crippen LogP contribution in [0.15, 0.2) is 15.8 Å². The van der Waals surface area contributed by atoms with Crippen molar-refractivity contribution in [2.45, 2.75) is 44.3 Å². The molecular weight excluding hydrogens is 252 g/mol. The van der Waals surface area contributed by atoms with Crippen molar-refractivity contribution >= 4 is 0 Å². The van der Waals surface area contributed by atoms with Crippen LogP contribution < -0.4 is 11.2 Å². The lowest BCUT2D eigenvalue weighted by Crippen LogP contribution is -2.41. The zero-order chi connectivity index (χ0) is 13.8. The molecule has 2 bridgehead atoms. The Labute approximate surface area is 108 Å². The first-order valence-electron chi connectivity index (χ1n) is 6.28. The van der Waals surface area contributed by atoms with E-state index < -0.39 is 35.3 Å². The number of fused-ring (bicyclic) bond motifs is 2. The number of H-pyrrole nitrogens is 1. The minimum Gasteiger partial charge on any atom is -0.387 e. The summed E-state index contributed by atoms with van der Waals surface area (Å²) in [5, 5.41) is 10.2. The summed E-state index contributed by atoms with van der Waals surface area (Å²) in [6, 6.07) is 0. The second-order valence-corrected chi connectivity index (χ2v) is 5.13. The van der Waals surface area contributed by atoms with E-state index in [9.17, 15) is 14.7 Å². The monoisotopic (exact) mass is 268 g/mol. The van der Waals surface area contributed by atoms with Crippen LogP contribution in [0.4, 0.5) is 0 Å². The molecule has 0 aliphatic carbocycles. The number of aromatic amines is 1. The summed E-state index contributed by atoms with van der Waals surface area (Å²) in [6.45, 7) is 3.83. The second-order valence-electron chi connectivity index (χ2n) is 5.13. The zero-order valence-electron chi connectivity index (χ0n) is 10.8. The molecule has 19 heavy (non-hydrogen) atoms. The molecule has 2 aliphatic rings. The average molecular weight is 268 g/mol. The van der Waals surface area contributed by atoms with E-state index in [1.807, 2.05) is 6.92 Å². The van der Waals surface area contributed by atoms with Gasteiger partial charge in [0.05, 0.1) is 6.61 Å². The molecule has 4 unspecified atom stereocenters. The fourth-order valence-corrected chi connectivity index (χ4v) is 2.75. The first-order valence-corrected chi connectivity index (χ1v) is 6.28. The summed E-state index contributed by atoms with van der Waals surface area (Å²) in [7, 11) is 0. The van der Waals surface area contributed by atoms with Crippen LogP contribution in [0.5, 0.6) is 0 Å². The standard InChI is InChI=1S/C12H16N2O5/c1-3-12-5-18-7(8(12)15)10(19-12)14-4-6(2)9(16)13-11(14)17/h4,7-8,10,15H,3,5H2,1-2H3,(H,13,16,17). The second kappa shape index (κ2) is 4.03. The van der Waals surface area contributed by atoms with Gasteiger partial charge in [-0.2, -0.15) is 0 Å². The molecule has 2 aliphatic heterocycles. The Bertz CT molecular complexity index is 621. The lowest BCUT2D eigenvalue weighted by atomic mass is 9.96. The number of ether oxygens (including phenoxy) is 2. The topological polar surface area (TPSA) is 93.6 Å². The SMILES string of the molecule is CCC12COC(C(n3cc(C)c(=O)[nH]c3=O)O1)C2O. The van der Waals surface area contributed by atoms with Crippen molar-refractivity contribution in [1.29, 1.82) is 0 Å². The molecule has 1 aromatic heterocycles. The number of aliphatic hydroxyl groups is 1. The summed E-state index contributed by atoms with van der Waals surface area (Å²) in [4.78, 5) is 25.4.